The molecule has 0 saturated carbocycles. The van der Waals surface area contributed by atoms with Gasteiger partial charge in [-0.3, -0.25) is 0 Å². The largest absolute Gasteiger partial charge is 0.376 e. The molecule has 1 fully saturated rings. The van der Waals surface area contributed by atoms with Crippen LogP contribution in [0.25, 0.3) is 0 Å². The molecule has 0 bridgehead atoms. The van der Waals surface area contributed by atoms with Crippen LogP contribution in [0.1, 0.15) is 37.8 Å². The van der Waals surface area contributed by atoms with Crippen LogP contribution in [-0.2, 0) is 4.74 Å². The van der Waals surface area contributed by atoms with Crippen molar-refractivity contribution in [2.75, 3.05) is 13.2 Å². The highest BCUT2D eigenvalue weighted by Gasteiger charge is 2.29. The fourth-order valence-corrected chi connectivity index (χ4v) is 2.37. The Morgan fingerprint density at radius 2 is 2.28 bits per heavy atom. The van der Waals surface area contributed by atoms with Gasteiger partial charge < -0.3 is 10.1 Å². The lowest BCUT2D eigenvalue weighted by atomic mass is 9.98. The molecule has 1 saturated heterocycles. The first kappa shape index (κ1) is 13.4. The zero-order valence-electron chi connectivity index (χ0n) is 10.6. The van der Waals surface area contributed by atoms with Crippen molar-refractivity contribution in [3.05, 3.63) is 35.4 Å². The Hall–Kier alpha value is -1.00. The van der Waals surface area contributed by atoms with Crippen LogP contribution in [0.15, 0.2) is 18.2 Å². The van der Waals surface area contributed by atoms with E-state index in [1.165, 1.54) is 0 Å². The molecular formula is C14H19F2NO. The molecule has 0 aromatic heterocycles. The number of nitrogens with one attached hydrogen (secondary N) is 1. The van der Waals surface area contributed by atoms with Crippen molar-refractivity contribution in [3.63, 3.8) is 0 Å². The highest BCUT2D eigenvalue weighted by Crippen LogP contribution is 2.29. The first-order valence-corrected chi connectivity index (χ1v) is 6.53. The summed E-state index contributed by atoms with van der Waals surface area (Å²) in [6.45, 7) is 3.51. The Labute approximate surface area is 106 Å². The highest BCUT2D eigenvalue weighted by molar-refractivity contribution is 5.24. The van der Waals surface area contributed by atoms with Gasteiger partial charge in [0.2, 0.25) is 0 Å². The van der Waals surface area contributed by atoms with Gasteiger partial charge in [-0.1, -0.05) is 19.1 Å². The van der Waals surface area contributed by atoms with Crippen LogP contribution in [0.4, 0.5) is 8.78 Å². The number of benzene rings is 1. The minimum atomic E-state index is -0.797. The van der Waals surface area contributed by atoms with E-state index in [1.54, 1.807) is 12.1 Å². The molecule has 4 heteroatoms. The molecule has 1 aliphatic rings. The lowest BCUT2D eigenvalue weighted by Crippen LogP contribution is -2.33. The van der Waals surface area contributed by atoms with Gasteiger partial charge in [0.15, 0.2) is 11.6 Å². The van der Waals surface area contributed by atoms with E-state index < -0.39 is 11.6 Å². The second kappa shape index (κ2) is 6.25. The van der Waals surface area contributed by atoms with Crippen LogP contribution < -0.4 is 5.32 Å². The summed E-state index contributed by atoms with van der Waals surface area (Å²) in [6.07, 6.45) is 2.75. The van der Waals surface area contributed by atoms with Gasteiger partial charge in [0, 0.05) is 12.2 Å². The number of rotatable bonds is 5. The van der Waals surface area contributed by atoms with Gasteiger partial charge in [-0.15, -0.1) is 0 Å². The second-order valence-electron chi connectivity index (χ2n) is 4.63. The van der Waals surface area contributed by atoms with Crippen LogP contribution in [0.5, 0.6) is 0 Å². The first-order valence-electron chi connectivity index (χ1n) is 6.53. The Kier molecular flexibility index (Phi) is 4.66. The Bertz CT molecular complexity index is 391. The molecule has 18 heavy (non-hydrogen) atoms. The quantitative estimate of drug-likeness (QED) is 0.872. The third-order valence-electron chi connectivity index (χ3n) is 3.27. The average molecular weight is 255 g/mol. The predicted octanol–water partition coefficient (Wildman–Crippen LogP) is 3.18. The van der Waals surface area contributed by atoms with Gasteiger partial charge in [-0.25, -0.2) is 8.78 Å². The van der Waals surface area contributed by atoms with Crippen molar-refractivity contribution in [3.8, 4) is 0 Å². The van der Waals surface area contributed by atoms with E-state index >= 15 is 0 Å². The van der Waals surface area contributed by atoms with Crippen molar-refractivity contribution in [1.29, 1.82) is 0 Å². The van der Waals surface area contributed by atoms with Gasteiger partial charge in [0.05, 0.1) is 12.1 Å². The fourth-order valence-electron chi connectivity index (χ4n) is 2.37. The minimum absolute atomic E-state index is 0.0622. The standard InChI is InChI=1S/C14H19F2NO/c1-2-8-17-14(12-7-4-9-18-12)10-5-3-6-11(15)13(10)16/h3,5-6,12,14,17H,2,4,7-9H2,1H3. The van der Waals surface area contributed by atoms with Crippen molar-refractivity contribution < 1.29 is 13.5 Å². The minimum Gasteiger partial charge on any atom is -0.376 e. The third kappa shape index (κ3) is 2.87. The molecule has 2 unspecified atom stereocenters. The van der Waals surface area contributed by atoms with Crippen molar-refractivity contribution in [2.24, 2.45) is 0 Å². The van der Waals surface area contributed by atoms with Crippen LogP contribution >= 0.6 is 0 Å². The third-order valence-corrected chi connectivity index (χ3v) is 3.27. The molecule has 1 aliphatic heterocycles. The maximum atomic E-state index is 13.9. The first-order chi connectivity index (χ1) is 8.74. The van der Waals surface area contributed by atoms with E-state index in [1.807, 2.05) is 6.92 Å². The molecule has 2 rings (SSSR count). The summed E-state index contributed by atoms with van der Waals surface area (Å²) in [7, 11) is 0. The van der Waals surface area contributed by atoms with Crippen LogP contribution in [0, 0.1) is 11.6 Å². The van der Waals surface area contributed by atoms with Crippen LogP contribution in [0.3, 0.4) is 0 Å². The monoisotopic (exact) mass is 255 g/mol. The summed E-state index contributed by atoms with van der Waals surface area (Å²) in [4.78, 5) is 0. The molecule has 2 atom stereocenters. The van der Waals surface area contributed by atoms with Crippen molar-refractivity contribution in [2.45, 2.75) is 38.3 Å². The van der Waals surface area contributed by atoms with Gasteiger partial charge in [0.1, 0.15) is 0 Å². The lowest BCUT2D eigenvalue weighted by Gasteiger charge is -2.25. The maximum absolute atomic E-state index is 13.9. The molecule has 0 spiro atoms. The average Bonchev–Trinajstić information content (AvgIpc) is 2.88. The maximum Gasteiger partial charge on any atom is 0.163 e. The molecular weight excluding hydrogens is 236 g/mol. The molecule has 1 aromatic carbocycles. The number of hydrogen-bond donors (Lipinski definition) is 1. The number of halogens is 2. The summed E-state index contributed by atoms with van der Waals surface area (Å²) in [5, 5.41) is 3.26. The molecule has 1 N–H and O–H groups in total. The van der Waals surface area contributed by atoms with Crippen LogP contribution in [-0.4, -0.2) is 19.3 Å². The van der Waals surface area contributed by atoms with Crippen molar-refractivity contribution >= 4 is 0 Å². The summed E-state index contributed by atoms with van der Waals surface area (Å²) in [6, 6.07) is 4.06. The molecule has 0 amide bonds. The zero-order valence-corrected chi connectivity index (χ0v) is 10.6. The van der Waals surface area contributed by atoms with Gasteiger partial charge >= 0.3 is 0 Å². The topological polar surface area (TPSA) is 21.3 Å². The summed E-state index contributed by atoms with van der Waals surface area (Å²) in [5.74, 6) is -1.56. The predicted molar refractivity (Wildman–Crippen MR) is 66.4 cm³/mol. The Balaban J connectivity index is 2.23. The van der Waals surface area contributed by atoms with E-state index in [0.717, 1.165) is 31.9 Å². The SMILES string of the molecule is CCCNC(c1cccc(F)c1F)C1CCCO1. The zero-order chi connectivity index (χ0) is 13.0. The molecule has 0 radical (unpaired) electrons. The number of hydrogen-bond acceptors (Lipinski definition) is 2. The molecule has 1 aromatic rings. The summed E-state index contributed by atoms with van der Waals surface area (Å²) in [5.41, 5.74) is 0.371. The molecule has 0 aliphatic carbocycles. The second-order valence-corrected chi connectivity index (χ2v) is 4.63. The Morgan fingerprint density at radius 3 is 2.94 bits per heavy atom. The van der Waals surface area contributed by atoms with Crippen molar-refractivity contribution in [1.82, 2.24) is 5.32 Å². The highest BCUT2D eigenvalue weighted by atomic mass is 19.2. The van der Waals surface area contributed by atoms with E-state index in [2.05, 4.69) is 5.32 Å². The number of ether oxygens (including phenoxy) is 1. The van der Waals surface area contributed by atoms with E-state index in [4.69, 9.17) is 4.74 Å². The van der Waals surface area contributed by atoms with Gasteiger partial charge in [0.25, 0.3) is 0 Å². The van der Waals surface area contributed by atoms with Gasteiger partial charge in [-0.2, -0.15) is 0 Å². The lowest BCUT2D eigenvalue weighted by molar-refractivity contribution is 0.0769. The van der Waals surface area contributed by atoms with Crippen LogP contribution in [0.2, 0.25) is 0 Å². The molecule has 100 valence electrons. The molecule has 2 nitrogen and oxygen atoms in total. The normalized spacial score (nSPS) is 21.2. The summed E-state index contributed by atoms with van der Waals surface area (Å²) < 4.78 is 32.8. The van der Waals surface area contributed by atoms with E-state index in [-0.39, 0.29) is 12.1 Å². The molecule has 1 heterocycles. The summed E-state index contributed by atoms with van der Waals surface area (Å²) >= 11 is 0. The van der Waals surface area contributed by atoms with Gasteiger partial charge in [-0.05, 0) is 31.9 Å². The fraction of sp³-hybridized carbons (Fsp3) is 0.571. The Morgan fingerprint density at radius 1 is 1.44 bits per heavy atom. The smallest absolute Gasteiger partial charge is 0.163 e. The van der Waals surface area contributed by atoms with E-state index in [0.29, 0.717) is 12.2 Å². The van der Waals surface area contributed by atoms with E-state index in [9.17, 15) is 8.78 Å².